The molecule has 1 fully saturated rings. The summed E-state index contributed by atoms with van der Waals surface area (Å²) in [6.07, 6.45) is 3.10. The fourth-order valence-electron chi connectivity index (χ4n) is 3.51. The normalized spacial score (nSPS) is 28.1. The highest BCUT2D eigenvalue weighted by Crippen LogP contribution is 2.35. The highest BCUT2D eigenvalue weighted by Gasteiger charge is 2.43. The Morgan fingerprint density at radius 2 is 1.74 bits per heavy atom. The van der Waals surface area contributed by atoms with Gasteiger partial charge in [0.05, 0.1) is 11.7 Å². The molecule has 1 aromatic rings. The van der Waals surface area contributed by atoms with E-state index in [4.69, 9.17) is 18.9 Å². The number of benzene rings is 1. The molecule has 0 amide bonds. The van der Waals surface area contributed by atoms with E-state index in [0.29, 0.717) is 18.1 Å². The van der Waals surface area contributed by atoms with Gasteiger partial charge >= 0.3 is 5.97 Å². The average Bonchev–Trinajstić information content (AvgIpc) is 2.70. The van der Waals surface area contributed by atoms with Crippen LogP contribution < -0.4 is 0 Å². The van der Waals surface area contributed by atoms with Crippen molar-refractivity contribution in [3.63, 3.8) is 0 Å². The van der Waals surface area contributed by atoms with Crippen LogP contribution in [0.5, 0.6) is 0 Å². The lowest BCUT2D eigenvalue weighted by Gasteiger charge is -2.43. The third-order valence-electron chi connectivity index (χ3n) is 5.44. The number of carbonyl (C=O) groups excluding carboxylic acids is 1. The Labute approximate surface area is 163 Å². The van der Waals surface area contributed by atoms with Gasteiger partial charge in [0.2, 0.25) is 0 Å². The standard InChI is InChI=1S/C22H34O5/c1-5-19-16(2)17(3)20(27-21(23)18-12-8-6-9-13-18)22(26-19)25-15-11-7-10-14-24-4/h6,8-9,12-13,16-17,19-20,22H,5,7,10-11,14-15H2,1-4H3/t16-,17-,19?,20?,22-/m0/s1. The molecule has 0 bridgehead atoms. The van der Waals surface area contributed by atoms with Crippen LogP contribution in [0.15, 0.2) is 30.3 Å². The van der Waals surface area contributed by atoms with Crippen molar-refractivity contribution in [1.29, 1.82) is 0 Å². The maximum absolute atomic E-state index is 12.6. The number of unbranched alkanes of at least 4 members (excludes halogenated alkanes) is 2. The SMILES string of the molecule is CCC1O[C@H](OCCCCCOC)C(OC(=O)c2ccccc2)[C@@H](C)[C@@H]1C. The first kappa shape index (κ1) is 21.9. The van der Waals surface area contributed by atoms with E-state index in [1.165, 1.54) is 0 Å². The highest BCUT2D eigenvalue weighted by atomic mass is 16.7. The van der Waals surface area contributed by atoms with Crippen LogP contribution in [-0.2, 0) is 18.9 Å². The molecule has 1 saturated heterocycles. The summed E-state index contributed by atoms with van der Waals surface area (Å²) < 4.78 is 23.1. The molecule has 5 nitrogen and oxygen atoms in total. The second-order valence-corrected chi connectivity index (χ2v) is 7.33. The maximum atomic E-state index is 12.6. The minimum Gasteiger partial charge on any atom is -0.453 e. The molecule has 1 aliphatic heterocycles. The summed E-state index contributed by atoms with van der Waals surface area (Å²) >= 11 is 0. The molecular weight excluding hydrogens is 344 g/mol. The van der Waals surface area contributed by atoms with Crippen molar-refractivity contribution in [2.75, 3.05) is 20.3 Å². The summed E-state index contributed by atoms with van der Waals surface area (Å²) in [4.78, 5) is 12.6. The first-order valence-corrected chi connectivity index (χ1v) is 10.1. The van der Waals surface area contributed by atoms with Crippen molar-refractivity contribution in [2.24, 2.45) is 11.8 Å². The Kier molecular flexibility index (Phi) is 9.25. The molecule has 0 saturated carbocycles. The Hall–Kier alpha value is -1.43. The maximum Gasteiger partial charge on any atom is 0.338 e. The van der Waals surface area contributed by atoms with E-state index in [1.54, 1.807) is 19.2 Å². The van der Waals surface area contributed by atoms with Gasteiger partial charge in [0.1, 0.15) is 0 Å². The van der Waals surface area contributed by atoms with E-state index in [9.17, 15) is 4.79 Å². The number of esters is 1. The Morgan fingerprint density at radius 3 is 2.41 bits per heavy atom. The summed E-state index contributed by atoms with van der Waals surface area (Å²) in [5.41, 5.74) is 0.549. The number of methoxy groups -OCH3 is 1. The molecule has 0 spiro atoms. The molecular formula is C22H34O5. The number of ether oxygens (including phenoxy) is 4. The topological polar surface area (TPSA) is 54.0 Å². The van der Waals surface area contributed by atoms with Gasteiger partial charge in [-0.2, -0.15) is 0 Å². The van der Waals surface area contributed by atoms with Crippen LogP contribution in [0.4, 0.5) is 0 Å². The van der Waals surface area contributed by atoms with Crippen LogP contribution in [-0.4, -0.2) is 44.8 Å². The third kappa shape index (κ3) is 6.30. The molecule has 27 heavy (non-hydrogen) atoms. The van der Waals surface area contributed by atoms with Crippen molar-refractivity contribution in [2.45, 2.75) is 65.0 Å². The summed E-state index contributed by atoms with van der Waals surface area (Å²) in [5, 5.41) is 0. The van der Waals surface area contributed by atoms with E-state index in [-0.39, 0.29) is 18.0 Å². The Balaban J connectivity index is 1.98. The first-order chi connectivity index (χ1) is 13.1. The summed E-state index contributed by atoms with van der Waals surface area (Å²) in [5.74, 6) is 0.131. The van der Waals surface area contributed by atoms with E-state index in [0.717, 1.165) is 32.3 Å². The van der Waals surface area contributed by atoms with Crippen LogP contribution in [0.25, 0.3) is 0 Å². The second kappa shape index (κ2) is 11.4. The lowest BCUT2D eigenvalue weighted by atomic mass is 9.82. The van der Waals surface area contributed by atoms with Crippen LogP contribution >= 0.6 is 0 Å². The lowest BCUT2D eigenvalue weighted by molar-refractivity contribution is -0.269. The second-order valence-electron chi connectivity index (χ2n) is 7.33. The molecule has 0 aromatic heterocycles. The number of carbonyl (C=O) groups is 1. The molecule has 2 unspecified atom stereocenters. The van der Waals surface area contributed by atoms with Gasteiger partial charge in [-0.05, 0) is 43.7 Å². The van der Waals surface area contributed by atoms with Crippen LogP contribution in [0.2, 0.25) is 0 Å². The lowest BCUT2D eigenvalue weighted by Crippen LogP contribution is -2.52. The molecule has 0 radical (unpaired) electrons. The highest BCUT2D eigenvalue weighted by molar-refractivity contribution is 5.89. The van der Waals surface area contributed by atoms with E-state index < -0.39 is 12.4 Å². The van der Waals surface area contributed by atoms with E-state index in [2.05, 4.69) is 20.8 Å². The minimum absolute atomic E-state index is 0.116. The monoisotopic (exact) mass is 378 g/mol. The smallest absolute Gasteiger partial charge is 0.338 e. The van der Waals surface area contributed by atoms with Gasteiger partial charge < -0.3 is 18.9 Å². The van der Waals surface area contributed by atoms with Crippen molar-refractivity contribution in [3.05, 3.63) is 35.9 Å². The number of rotatable bonds is 10. The Bertz CT molecular complexity index is 547. The fourth-order valence-corrected chi connectivity index (χ4v) is 3.51. The van der Waals surface area contributed by atoms with E-state index >= 15 is 0 Å². The van der Waals surface area contributed by atoms with Gasteiger partial charge in [-0.1, -0.05) is 39.0 Å². The zero-order valence-corrected chi connectivity index (χ0v) is 17.1. The van der Waals surface area contributed by atoms with Crippen molar-refractivity contribution in [3.8, 4) is 0 Å². The van der Waals surface area contributed by atoms with Gasteiger partial charge in [0.25, 0.3) is 0 Å². The Morgan fingerprint density at radius 1 is 1.04 bits per heavy atom. The molecule has 1 aliphatic rings. The summed E-state index contributed by atoms with van der Waals surface area (Å²) in [7, 11) is 1.71. The molecule has 1 heterocycles. The van der Waals surface area contributed by atoms with Gasteiger partial charge in [0.15, 0.2) is 12.4 Å². The van der Waals surface area contributed by atoms with Gasteiger partial charge in [-0.25, -0.2) is 4.79 Å². The predicted octanol–water partition coefficient (Wildman–Crippen LogP) is 4.45. The molecule has 5 atom stereocenters. The van der Waals surface area contributed by atoms with Crippen molar-refractivity contribution < 1.29 is 23.7 Å². The third-order valence-corrected chi connectivity index (χ3v) is 5.44. The predicted molar refractivity (Wildman–Crippen MR) is 105 cm³/mol. The van der Waals surface area contributed by atoms with Crippen molar-refractivity contribution in [1.82, 2.24) is 0 Å². The molecule has 0 N–H and O–H groups in total. The molecule has 5 heteroatoms. The number of hydrogen-bond acceptors (Lipinski definition) is 5. The zero-order valence-electron chi connectivity index (χ0n) is 17.1. The molecule has 0 aliphatic carbocycles. The molecule has 2 rings (SSSR count). The molecule has 152 valence electrons. The summed E-state index contributed by atoms with van der Waals surface area (Å²) in [6.45, 7) is 7.75. The first-order valence-electron chi connectivity index (χ1n) is 10.1. The van der Waals surface area contributed by atoms with Gasteiger partial charge in [-0.15, -0.1) is 0 Å². The minimum atomic E-state index is -0.517. The average molecular weight is 379 g/mol. The van der Waals surface area contributed by atoms with Crippen LogP contribution in [0.3, 0.4) is 0 Å². The summed E-state index contributed by atoms with van der Waals surface area (Å²) in [6, 6.07) is 9.08. The fraction of sp³-hybridized carbons (Fsp3) is 0.682. The van der Waals surface area contributed by atoms with Crippen LogP contribution in [0, 0.1) is 11.8 Å². The molecule has 1 aromatic carbocycles. The van der Waals surface area contributed by atoms with Gasteiger partial charge in [-0.3, -0.25) is 0 Å². The zero-order chi connectivity index (χ0) is 19.6. The number of hydrogen-bond donors (Lipinski definition) is 0. The van der Waals surface area contributed by atoms with Crippen LogP contribution in [0.1, 0.15) is 56.8 Å². The van der Waals surface area contributed by atoms with Gasteiger partial charge in [0, 0.05) is 26.2 Å². The largest absolute Gasteiger partial charge is 0.453 e. The van der Waals surface area contributed by atoms with Crippen molar-refractivity contribution >= 4 is 5.97 Å². The van der Waals surface area contributed by atoms with E-state index in [1.807, 2.05) is 18.2 Å². The quantitative estimate of drug-likeness (QED) is 0.445.